The Bertz CT molecular complexity index is 643. The van der Waals surface area contributed by atoms with Gasteiger partial charge >= 0.3 is 0 Å². The third kappa shape index (κ3) is 3.12. The van der Waals surface area contributed by atoms with E-state index in [1.165, 1.54) is 18.2 Å². The van der Waals surface area contributed by atoms with Crippen molar-refractivity contribution in [3.63, 3.8) is 0 Å². The zero-order chi connectivity index (χ0) is 14.0. The summed E-state index contributed by atoms with van der Waals surface area (Å²) in [6.07, 6.45) is 0. The van der Waals surface area contributed by atoms with Crippen LogP contribution in [0.5, 0.6) is 0 Å². The van der Waals surface area contributed by atoms with Crippen molar-refractivity contribution in [2.24, 2.45) is 0 Å². The minimum Gasteiger partial charge on any atom is -0.399 e. The Labute approximate surface area is 118 Å². The lowest BCUT2D eigenvalue weighted by Gasteiger charge is -2.09. The fraction of sp³-hybridized carbons (Fsp3) is 0.0714. The minimum atomic E-state index is -0.555. The van der Waals surface area contributed by atoms with Crippen LogP contribution in [0, 0.1) is 12.7 Å². The first-order valence-corrected chi connectivity index (χ1v) is 6.39. The van der Waals surface area contributed by atoms with E-state index in [2.05, 4.69) is 21.2 Å². The molecule has 0 aromatic heterocycles. The zero-order valence-electron chi connectivity index (χ0n) is 10.2. The van der Waals surface area contributed by atoms with Crippen molar-refractivity contribution in [2.75, 3.05) is 11.1 Å². The highest BCUT2D eigenvalue weighted by molar-refractivity contribution is 9.10. The van der Waals surface area contributed by atoms with Crippen LogP contribution in [-0.2, 0) is 0 Å². The number of nitrogen functional groups attached to an aromatic ring is 1. The number of hydrogen-bond acceptors (Lipinski definition) is 2. The first-order valence-electron chi connectivity index (χ1n) is 5.60. The first kappa shape index (κ1) is 13.5. The van der Waals surface area contributed by atoms with Gasteiger partial charge in [0.1, 0.15) is 5.82 Å². The van der Waals surface area contributed by atoms with E-state index in [1.54, 1.807) is 6.07 Å². The molecule has 0 radical (unpaired) electrons. The SMILES string of the molecule is Cc1ccc(Br)cc1C(=O)Nc1ccc(N)cc1F. The van der Waals surface area contributed by atoms with Crippen LogP contribution in [0.25, 0.3) is 0 Å². The summed E-state index contributed by atoms with van der Waals surface area (Å²) >= 11 is 3.30. The van der Waals surface area contributed by atoms with Crippen LogP contribution in [0.1, 0.15) is 15.9 Å². The van der Waals surface area contributed by atoms with E-state index in [-0.39, 0.29) is 11.6 Å². The number of benzene rings is 2. The van der Waals surface area contributed by atoms with E-state index in [1.807, 2.05) is 19.1 Å². The number of hydrogen-bond donors (Lipinski definition) is 2. The topological polar surface area (TPSA) is 55.1 Å². The van der Waals surface area contributed by atoms with E-state index in [0.29, 0.717) is 11.3 Å². The van der Waals surface area contributed by atoms with Crippen LogP contribution < -0.4 is 11.1 Å². The maximum absolute atomic E-state index is 13.6. The van der Waals surface area contributed by atoms with Crippen LogP contribution in [0.2, 0.25) is 0 Å². The van der Waals surface area contributed by atoms with E-state index in [4.69, 9.17) is 5.73 Å². The molecule has 0 aliphatic carbocycles. The van der Waals surface area contributed by atoms with Crippen molar-refractivity contribution in [1.29, 1.82) is 0 Å². The Balaban J connectivity index is 2.28. The Morgan fingerprint density at radius 1 is 1.26 bits per heavy atom. The summed E-state index contributed by atoms with van der Waals surface area (Å²) in [5.74, 6) is -0.913. The number of nitrogens with one attached hydrogen (secondary N) is 1. The first-order chi connectivity index (χ1) is 8.97. The van der Waals surface area contributed by atoms with Gasteiger partial charge in [-0.2, -0.15) is 0 Å². The Morgan fingerprint density at radius 2 is 2.00 bits per heavy atom. The van der Waals surface area contributed by atoms with Crippen LogP contribution in [-0.4, -0.2) is 5.91 Å². The molecule has 0 saturated heterocycles. The van der Waals surface area contributed by atoms with E-state index in [9.17, 15) is 9.18 Å². The molecule has 0 heterocycles. The van der Waals surface area contributed by atoms with Crippen molar-refractivity contribution < 1.29 is 9.18 Å². The van der Waals surface area contributed by atoms with Gasteiger partial charge < -0.3 is 11.1 Å². The molecule has 19 heavy (non-hydrogen) atoms. The molecule has 0 aliphatic rings. The summed E-state index contributed by atoms with van der Waals surface area (Å²) in [4.78, 5) is 12.1. The Morgan fingerprint density at radius 3 is 2.68 bits per heavy atom. The summed E-state index contributed by atoms with van der Waals surface area (Å²) in [5.41, 5.74) is 7.19. The number of carbonyl (C=O) groups is 1. The molecular formula is C14H12BrFN2O. The van der Waals surface area contributed by atoms with Gasteiger partial charge in [-0.1, -0.05) is 22.0 Å². The normalized spacial score (nSPS) is 10.3. The van der Waals surface area contributed by atoms with Gasteiger partial charge in [0.05, 0.1) is 5.69 Å². The minimum absolute atomic E-state index is 0.110. The molecule has 3 nitrogen and oxygen atoms in total. The van der Waals surface area contributed by atoms with Crippen molar-refractivity contribution in [3.05, 3.63) is 57.8 Å². The lowest BCUT2D eigenvalue weighted by Crippen LogP contribution is -2.14. The number of nitrogens with two attached hydrogens (primary N) is 1. The third-order valence-electron chi connectivity index (χ3n) is 2.69. The van der Waals surface area contributed by atoms with E-state index >= 15 is 0 Å². The van der Waals surface area contributed by atoms with Crippen LogP contribution in [0.4, 0.5) is 15.8 Å². The highest BCUT2D eigenvalue weighted by Gasteiger charge is 2.12. The van der Waals surface area contributed by atoms with E-state index in [0.717, 1.165) is 10.0 Å². The molecule has 0 bridgehead atoms. The second-order valence-corrected chi connectivity index (χ2v) is 5.07. The Kier molecular flexibility index (Phi) is 3.85. The number of amides is 1. The summed E-state index contributed by atoms with van der Waals surface area (Å²) < 4.78 is 14.4. The highest BCUT2D eigenvalue weighted by Crippen LogP contribution is 2.20. The van der Waals surface area contributed by atoms with Gasteiger partial charge in [-0.25, -0.2) is 4.39 Å². The van der Waals surface area contributed by atoms with Gasteiger partial charge in [0, 0.05) is 15.7 Å². The molecule has 2 rings (SSSR count). The third-order valence-corrected chi connectivity index (χ3v) is 3.18. The second-order valence-electron chi connectivity index (χ2n) is 4.15. The molecule has 0 fully saturated rings. The molecule has 0 unspecified atom stereocenters. The highest BCUT2D eigenvalue weighted by atomic mass is 79.9. The maximum Gasteiger partial charge on any atom is 0.256 e. The average molecular weight is 323 g/mol. The predicted octanol–water partition coefficient (Wildman–Crippen LogP) is 3.73. The van der Waals surface area contributed by atoms with Gasteiger partial charge in [-0.05, 0) is 42.8 Å². The number of halogens is 2. The van der Waals surface area contributed by atoms with Gasteiger partial charge in [0.2, 0.25) is 0 Å². The lowest BCUT2D eigenvalue weighted by atomic mass is 10.1. The number of rotatable bonds is 2. The second kappa shape index (κ2) is 5.40. The van der Waals surface area contributed by atoms with Crippen molar-refractivity contribution in [3.8, 4) is 0 Å². The van der Waals surface area contributed by atoms with E-state index < -0.39 is 5.82 Å². The molecule has 0 saturated carbocycles. The summed E-state index contributed by atoms with van der Waals surface area (Å²) in [6.45, 7) is 1.82. The zero-order valence-corrected chi connectivity index (χ0v) is 11.8. The molecule has 2 aromatic carbocycles. The average Bonchev–Trinajstić information content (AvgIpc) is 2.35. The standard InChI is InChI=1S/C14H12BrFN2O/c1-8-2-3-9(15)6-11(8)14(19)18-13-5-4-10(17)7-12(13)16/h2-7H,17H2,1H3,(H,18,19). The molecule has 0 spiro atoms. The van der Waals surface area contributed by atoms with Crippen LogP contribution in [0.15, 0.2) is 40.9 Å². The molecule has 98 valence electrons. The summed E-state index contributed by atoms with van der Waals surface area (Å²) in [5, 5.41) is 2.53. The van der Waals surface area contributed by atoms with Gasteiger partial charge in [0.25, 0.3) is 5.91 Å². The summed E-state index contributed by atoms with van der Waals surface area (Å²) in [6, 6.07) is 9.50. The Hall–Kier alpha value is -1.88. The number of aryl methyl sites for hydroxylation is 1. The van der Waals surface area contributed by atoms with Crippen molar-refractivity contribution in [1.82, 2.24) is 0 Å². The van der Waals surface area contributed by atoms with Crippen molar-refractivity contribution in [2.45, 2.75) is 6.92 Å². The molecule has 3 N–H and O–H groups in total. The molecule has 1 amide bonds. The smallest absolute Gasteiger partial charge is 0.256 e. The predicted molar refractivity (Wildman–Crippen MR) is 77.6 cm³/mol. The van der Waals surface area contributed by atoms with Gasteiger partial charge in [-0.15, -0.1) is 0 Å². The summed E-state index contributed by atoms with van der Waals surface area (Å²) in [7, 11) is 0. The molecule has 5 heteroatoms. The van der Waals surface area contributed by atoms with Crippen LogP contribution in [0.3, 0.4) is 0 Å². The molecule has 0 atom stereocenters. The lowest BCUT2D eigenvalue weighted by molar-refractivity contribution is 0.102. The fourth-order valence-corrected chi connectivity index (χ4v) is 2.02. The fourth-order valence-electron chi connectivity index (χ4n) is 1.66. The maximum atomic E-state index is 13.6. The number of anilines is 2. The largest absolute Gasteiger partial charge is 0.399 e. The number of carbonyl (C=O) groups excluding carboxylic acids is 1. The molecule has 2 aromatic rings. The molecular weight excluding hydrogens is 311 g/mol. The monoisotopic (exact) mass is 322 g/mol. The quantitative estimate of drug-likeness (QED) is 0.828. The van der Waals surface area contributed by atoms with Crippen molar-refractivity contribution >= 4 is 33.2 Å². The molecule has 0 aliphatic heterocycles. The van der Waals surface area contributed by atoms with Crippen LogP contribution >= 0.6 is 15.9 Å². The van der Waals surface area contributed by atoms with Gasteiger partial charge in [-0.3, -0.25) is 4.79 Å². The van der Waals surface area contributed by atoms with Gasteiger partial charge in [0.15, 0.2) is 0 Å².